The zero-order valence-corrected chi connectivity index (χ0v) is 15.0. The van der Waals surface area contributed by atoms with Crippen molar-refractivity contribution in [2.45, 2.75) is 26.4 Å². The summed E-state index contributed by atoms with van der Waals surface area (Å²) >= 11 is 0. The van der Waals surface area contributed by atoms with Crippen LogP contribution < -0.4 is 20.7 Å². The van der Waals surface area contributed by atoms with Crippen molar-refractivity contribution < 1.29 is 4.57 Å². The Morgan fingerprint density at radius 1 is 1.27 bits per heavy atom. The maximum absolute atomic E-state index is 13.1. The zero-order chi connectivity index (χ0) is 18.4. The number of hydrogen-bond donors (Lipinski definition) is 1. The highest BCUT2D eigenvalue weighted by Crippen LogP contribution is 2.25. The number of allylic oxidation sites excluding steroid dienone is 1. The highest BCUT2D eigenvalue weighted by molar-refractivity contribution is 5.70. The van der Waals surface area contributed by atoms with Gasteiger partial charge < -0.3 is 0 Å². The molecule has 7 nitrogen and oxygen atoms in total. The molecule has 0 unspecified atom stereocenters. The quantitative estimate of drug-likeness (QED) is 0.573. The van der Waals surface area contributed by atoms with Crippen LogP contribution in [0.2, 0.25) is 0 Å². The lowest BCUT2D eigenvalue weighted by Gasteiger charge is -2.21. The van der Waals surface area contributed by atoms with Gasteiger partial charge in [-0.1, -0.05) is 30.4 Å². The van der Waals surface area contributed by atoms with Crippen molar-refractivity contribution in [3.05, 3.63) is 63.3 Å². The lowest BCUT2D eigenvalue weighted by molar-refractivity contribution is -0.663. The molecule has 134 valence electrons. The summed E-state index contributed by atoms with van der Waals surface area (Å²) in [7, 11) is 1.69. The highest BCUT2D eigenvalue weighted by atomic mass is 16.2. The van der Waals surface area contributed by atoms with E-state index in [1.807, 2.05) is 41.8 Å². The van der Waals surface area contributed by atoms with Crippen LogP contribution in [0.25, 0.3) is 11.2 Å². The molecule has 0 saturated carbocycles. The van der Waals surface area contributed by atoms with Crippen molar-refractivity contribution in [2.24, 2.45) is 7.05 Å². The second-order valence-electron chi connectivity index (χ2n) is 6.83. The van der Waals surface area contributed by atoms with Crippen molar-refractivity contribution in [2.75, 3.05) is 11.4 Å². The molecular weight excluding hydrogens is 330 g/mol. The summed E-state index contributed by atoms with van der Waals surface area (Å²) in [6.07, 6.45) is 0.919. The molecule has 1 N–H and O–H groups in total. The fraction of sp³-hybridized carbons (Fsp3) is 0.316. The Labute approximate surface area is 150 Å². The number of nitrogens with one attached hydrogen (secondary N) is 1. The van der Waals surface area contributed by atoms with Crippen molar-refractivity contribution in [3.8, 4) is 0 Å². The van der Waals surface area contributed by atoms with Gasteiger partial charge in [0.1, 0.15) is 5.69 Å². The van der Waals surface area contributed by atoms with Crippen molar-refractivity contribution >= 4 is 22.8 Å². The first-order valence-electron chi connectivity index (χ1n) is 8.71. The van der Waals surface area contributed by atoms with Gasteiger partial charge in [-0.3, -0.25) is 13.9 Å². The largest absolute Gasteiger partial charge is 0.364 e. The lowest BCUT2D eigenvalue weighted by atomic mass is 10.2. The zero-order valence-electron chi connectivity index (χ0n) is 15.0. The molecule has 1 aliphatic rings. The molecule has 1 aromatic carbocycles. The Balaban J connectivity index is 2.01. The standard InChI is InChI=1S/C19H21N5O2/c1-13(2)12-24-17(25)15-16(21(3)19(24)26)20-18-22(10-7-11-23(15)18)14-8-5-4-6-9-14/h4-6,8-9H,1,7,10-12H2,2-3H3/p+1. The Hall–Kier alpha value is -3.09. The third-order valence-corrected chi connectivity index (χ3v) is 4.80. The number of para-hydroxylation sites is 1. The second-order valence-corrected chi connectivity index (χ2v) is 6.83. The van der Waals surface area contributed by atoms with Crippen molar-refractivity contribution in [1.82, 2.24) is 14.1 Å². The van der Waals surface area contributed by atoms with Crippen LogP contribution in [-0.4, -0.2) is 20.7 Å². The molecule has 0 amide bonds. The molecule has 3 heterocycles. The van der Waals surface area contributed by atoms with Gasteiger partial charge in [-0.2, -0.15) is 0 Å². The average Bonchev–Trinajstić information content (AvgIpc) is 3.04. The van der Waals surface area contributed by atoms with E-state index in [0.717, 1.165) is 36.7 Å². The molecule has 1 aliphatic heterocycles. The fourth-order valence-corrected chi connectivity index (χ4v) is 3.61. The topological polar surface area (TPSA) is 66.9 Å². The summed E-state index contributed by atoms with van der Waals surface area (Å²) < 4.78 is 4.75. The van der Waals surface area contributed by atoms with Crippen LogP contribution >= 0.6 is 0 Å². The van der Waals surface area contributed by atoms with Gasteiger partial charge >= 0.3 is 11.6 Å². The van der Waals surface area contributed by atoms with E-state index in [9.17, 15) is 9.59 Å². The normalized spacial score (nSPS) is 13.8. The predicted molar refractivity (Wildman–Crippen MR) is 101 cm³/mol. The number of H-pyrrole nitrogens is 1. The first-order valence-corrected chi connectivity index (χ1v) is 8.71. The van der Waals surface area contributed by atoms with Crippen LogP contribution in [-0.2, 0) is 20.1 Å². The minimum absolute atomic E-state index is 0.227. The molecule has 0 spiro atoms. The fourth-order valence-electron chi connectivity index (χ4n) is 3.61. The molecule has 2 aromatic heterocycles. The summed E-state index contributed by atoms with van der Waals surface area (Å²) in [5.41, 5.74) is 2.29. The maximum Gasteiger partial charge on any atom is 0.364 e. The van der Waals surface area contributed by atoms with E-state index < -0.39 is 0 Å². The molecular formula is C19H22N5O2+. The number of nitrogens with zero attached hydrogens (tertiary/aromatic N) is 4. The van der Waals surface area contributed by atoms with Crippen LogP contribution in [0.4, 0.5) is 11.6 Å². The number of rotatable bonds is 3. The summed E-state index contributed by atoms with van der Waals surface area (Å²) in [4.78, 5) is 31.2. The van der Waals surface area contributed by atoms with E-state index in [1.54, 1.807) is 7.05 Å². The van der Waals surface area contributed by atoms with Crippen LogP contribution in [0.3, 0.4) is 0 Å². The third kappa shape index (κ3) is 2.39. The first kappa shape index (κ1) is 16.4. The Morgan fingerprint density at radius 2 is 2.00 bits per heavy atom. The number of fused-ring (bicyclic) bond motifs is 3. The Kier molecular flexibility index (Phi) is 3.79. The van der Waals surface area contributed by atoms with Gasteiger partial charge in [0.25, 0.3) is 5.56 Å². The number of aromatic amines is 1. The Morgan fingerprint density at radius 3 is 2.69 bits per heavy atom. The van der Waals surface area contributed by atoms with E-state index in [2.05, 4.69) is 16.5 Å². The molecule has 0 radical (unpaired) electrons. The van der Waals surface area contributed by atoms with Gasteiger partial charge in [0.05, 0.1) is 19.6 Å². The third-order valence-electron chi connectivity index (χ3n) is 4.80. The number of anilines is 2. The number of benzene rings is 1. The minimum atomic E-state index is -0.337. The van der Waals surface area contributed by atoms with Crippen LogP contribution in [0, 0.1) is 0 Å². The second kappa shape index (κ2) is 6.01. The van der Waals surface area contributed by atoms with Gasteiger partial charge in [-0.15, -0.1) is 0 Å². The van der Waals surface area contributed by atoms with E-state index in [-0.39, 0.29) is 17.8 Å². The molecule has 0 bridgehead atoms. The average molecular weight is 352 g/mol. The number of imidazole rings is 1. The van der Waals surface area contributed by atoms with Crippen LogP contribution in [0.15, 0.2) is 52.1 Å². The molecule has 26 heavy (non-hydrogen) atoms. The van der Waals surface area contributed by atoms with E-state index in [0.29, 0.717) is 11.2 Å². The van der Waals surface area contributed by atoms with Gasteiger partial charge in [0.15, 0.2) is 0 Å². The number of aryl methyl sites for hydroxylation is 2. The molecule has 0 atom stereocenters. The molecule has 0 saturated heterocycles. The summed E-state index contributed by atoms with van der Waals surface area (Å²) in [5, 5.41) is 0. The lowest BCUT2D eigenvalue weighted by Crippen LogP contribution is -2.49. The summed E-state index contributed by atoms with van der Waals surface area (Å²) in [6, 6.07) is 10.0. The monoisotopic (exact) mass is 352 g/mol. The van der Waals surface area contributed by atoms with Gasteiger partial charge in [0.2, 0.25) is 11.2 Å². The Bertz CT molecular complexity index is 1120. The number of hydrogen-bond acceptors (Lipinski definition) is 3. The van der Waals surface area contributed by atoms with Crippen LogP contribution in [0.1, 0.15) is 13.3 Å². The van der Waals surface area contributed by atoms with Gasteiger partial charge in [0, 0.05) is 13.5 Å². The molecule has 0 aliphatic carbocycles. The minimum Gasteiger partial charge on any atom is -0.267 e. The van der Waals surface area contributed by atoms with E-state index in [4.69, 9.17) is 0 Å². The molecule has 7 heteroatoms. The van der Waals surface area contributed by atoms with Crippen molar-refractivity contribution in [3.63, 3.8) is 0 Å². The van der Waals surface area contributed by atoms with Gasteiger partial charge in [-0.25, -0.2) is 19.2 Å². The molecule has 4 rings (SSSR count). The molecule has 0 fully saturated rings. The van der Waals surface area contributed by atoms with Crippen LogP contribution in [0.5, 0.6) is 0 Å². The van der Waals surface area contributed by atoms with E-state index in [1.165, 1.54) is 9.13 Å². The number of aromatic nitrogens is 4. The van der Waals surface area contributed by atoms with Gasteiger partial charge in [-0.05, 0) is 19.1 Å². The smallest absolute Gasteiger partial charge is 0.267 e. The van der Waals surface area contributed by atoms with Crippen molar-refractivity contribution in [1.29, 1.82) is 0 Å². The highest BCUT2D eigenvalue weighted by Gasteiger charge is 2.33. The maximum atomic E-state index is 13.1. The molecule has 3 aromatic rings. The van der Waals surface area contributed by atoms with E-state index >= 15 is 0 Å². The predicted octanol–water partition coefficient (Wildman–Crippen LogP) is 1.43. The summed E-state index contributed by atoms with van der Waals surface area (Å²) in [5.74, 6) is 0.831. The first-order chi connectivity index (χ1) is 12.5. The SMILES string of the molecule is C=C(C)Cn1c(=O)c2c([nH]c3[n+]2CCCN3c2ccccc2)n(C)c1=O. The summed E-state index contributed by atoms with van der Waals surface area (Å²) in [6.45, 7) is 7.46.